The smallest absolute Gasteiger partial charge is 0.255 e. The number of nitrogens with one attached hydrogen (secondary N) is 2. The van der Waals surface area contributed by atoms with Crippen LogP contribution in [0.5, 0.6) is 17.2 Å². The molecule has 6 heteroatoms. The standard InChI is InChI=1S/C14H20N2O4/c1-18-11-7-13(20-3)12(19-2)6-10(11)14(17)16-9-4-5-15-8-9/h6-7,9,15H,4-5,8H2,1-3H3,(H,16,17). The van der Waals surface area contributed by atoms with Gasteiger partial charge >= 0.3 is 0 Å². The van der Waals surface area contributed by atoms with Gasteiger partial charge in [-0.15, -0.1) is 0 Å². The fourth-order valence-corrected chi connectivity index (χ4v) is 2.25. The van der Waals surface area contributed by atoms with Gasteiger partial charge in [0.2, 0.25) is 0 Å². The Morgan fingerprint density at radius 3 is 2.35 bits per heavy atom. The van der Waals surface area contributed by atoms with Crippen LogP contribution in [0.1, 0.15) is 16.8 Å². The van der Waals surface area contributed by atoms with Crippen LogP contribution in [0.2, 0.25) is 0 Å². The molecule has 1 fully saturated rings. The maximum atomic E-state index is 12.3. The van der Waals surface area contributed by atoms with Crippen LogP contribution in [0.3, 0.4) is 0 Å². The lowest BCUT2D eigenvalue weighted by Crippen LogP contribution is -2.36. The molecule has 1 atom stereocenters. The van der Waals surface area contributed by atoms with Crippen LogP contribution in [0, 0.1) is 0 Å². The number of benzene rings is 1. The first-order valence-corrected chi connectivity index (χ1v) is 6.51. The zero-order valence-corrected chi connectivity index (χ0v) is 12.0. The lowest BCUT2D eigenvalue weighted by Gasteiger charge is -2.16. The molecule has 1 aliphatic heterocycles. The average Bonchev–Trinajstić information content (AvgIpc) is 2.98. The van der Waals surface area contributed by atoms with Gasteiger partial charge in [0.1, 0.15) is 5.75 Å². The Bertz CT molecular complexity index is 484. The Morgan fingerprint density at radius 1 is 1.15 bits per heavy atom. The number of hydrogen-bond donors (Lipinski definition) is 2. The molecule has 0 radical (unpaired) electrons. The molecule has 1 aromatic rings. The van der Waals surface area contributed by atoms with E-state index in [2.05, 4.69) is 10.6 Å². The SMILES string of the molecule is COc1cc(OC)c(C(=O)NC2CCNC2)cc1OC. The summed E-state index contributed by atoms with van der Waals surface area (Å²) in [7, 11) is 4.60. The summed E-state index contributed by atoms with van der Waals surface area (Å²) >= 11 is 0. The number of carbonyl (C=O) groups excluding carboxylic acids is 1. The minimum atomic E-state index is -0.170. The molecule has 2 N–H and O–H groups in total. The molecule has 1 amide bonds. The molecular weight excluding hydrogens is 260 g/mol. The first-order valence-electron chi connectivity index (χ1n) is 6.51. The summed E-state index contributed by atoms with van der Waals surface area (Å²) in [6.45, 7) is 1.72. The summed E-state index contributed by atoms with van der Waals surface area (Å²) in [5.41, 5.74) is 0.442. The molecule has 0 bridgehead atoms. The van der Waals surface area contributed by atoms with Crippen LogP contribution < -0.4 is 24.8 Å². The molecule has 1 saturated heterocycles. The van der Waals surface area contributed by atoms with E-state index in [9.17, 15) is 4.79 Å². The molecule has 110 valence electrons. The van der Waals surface area contributed by atoms with E-state index in [1.165, 1.54) is 14.2 Å². The lowest BCUT2D eigenvalue weighted by atomic mass is 10.1. The molecule has 2 rings (SSSR count). The highest BCUT2D eigenvalue weighted by molar-refractivity contribution is 5.98. The third kappa shape index (κ3) is 2.96. The van der Waals surface area contributed by atoms with Gasteiger partial charge in [-0.1, -0.05) is 0 Å². The van der Waals surface area contributed by atoms with Crippen molar-refractivity contribution in [1.82, 2.24) is 10.6 Å². The molecule has 6 nitrogen and oxygen atoms in total. The predicted octanol–water partition coefficient (Wildman–Crippen LogP) is 0.804. The van der Waals surface area contributed by atoms with Gasteiger partial charge in [0.25, 0.3) is 5.91 Å². The van der Waals surface area contributed by atoms with E-state index in [1.54, 1.807) is 19.2 Å². The minimum absolute atomic E-state index is 0.153. The van der Waals surface area contributed by atoms with E-state index in [4.69, 9.17) is 14.2 Å². The van der Waals surface area contributed by atoms with E-state index >= 15 is 0 Å². The summed E-state index contributed by atoms with van der Waals surface area (Å²) in [5.74, 6) is 1.33. The summed E-state index contributed by atoms with van der Waals surface area (Å²) in [6.07, 6.45) is 0.932. The van der Waals surface area contributed by atoms with Crippen LogP contribution >= 0.6 is 0 Å². The van der Waals surface area contributed by atoms with Crippen LogP contribution in [-0.4, -0.2) is 46.4 Å². The van der Waals surface area contributed by atoms with E-state index in [1.807, 2.05) is 0 Å². The molecule has 0 saturated carbocycles. The highest BCUT2D eigenvalue weighted by Crippen LogP contribution is 2.34. The van der Waals surface area contributed by atoms with Crippen molar-refractivity contribution in [3.05, 3.63) is 17.7 Å². The van der Waals surface area contributed by atoms with E-state index in [-0.39, 0.29) is 11.9 Å². The lowest BCUT2D eigenvalue weighted by molar-refractivity contribution is 0.0936. The first kappa shape index (κ1) is 14.5. The molecule has 0 aromatic heterocycles. The van der Waals surface area contributed by atoms with Crippen molar-refractivity contribution in [3.8, 4) is 17.2 Å². The number of rotatable bonds is 5. The molecule has 1 aromatic carbocycles. The fraction of sp³-hybridized carbons (Fsp3) is 0.500. The zero-order valence-electron chi connectivity index (χ0n) is 12.0. The summed E-state index contributed by atoms with van der Waals surface area (Å²) < 4.78 is 15.7. The summed E-state index contributed by atoms with van der Waals surface area (Å²) in [4.78, 5) is 12.3. The van der Waals surface area contributed by atoms with Crippen molar-refractivity contribution in [3.63, 3.8) is 0 Å². The van der Waals surface area contributed by atoms with Crippen molar-refractivity contribution in [1.29, 1.82) is 0 Å². The van der Waals surface area contributed by atoms with Gasteiger partial charge in [-0.3, -0.25) is 4.79 Å². The second kappa shape index (κ2) is 6.47. The maximum Gasteiger partial charge on any atom is 0.255 e. The monoisotopic (exact) mass is 280 g/mol. The van der Waals surface area contributed by atoms with E-state index in [0.29, 0.717) is 22.8 Å². The Labute approximate surface area is 118 Å². The van der Waals surface area contributed by atoms with Crippen LogP contribution in [0.15, 0.2) is 12.1 Å². The summed E-state index contributed by atoms with van der Waals surface area (Å²) in [5, 5.41) is 6.19. The maximum absolute atomic E-state index is 12.3. The quantitative estimate of drug-likeness (QED) is 0.835. The van der Waals surface area contributed by atoms with Gasteiger partial charge in [-0.25, -0.2) is 0 Å². The van der Waals surface area contributed by atoms with Gasteiger partial charge in [0, 0.05) is 24.7 Å². The molecule has 1 unspecified atom stereocenters. The number of methoxy groups -OCH3 is 3. The van der Waals surface area contributed by atoms with Crippen LogP contribution in [0.25, 0.3) is 0 Å². The average molecular weight is 280 g/mol. The topological polar surface area (TPSA) is 68.8 Å². The first-order chi connectivity index (χ1) is 9.69. The third-order valence-corrected chi connectivity index (χ3v) is 3.35. The number of hydrogen-bond acceptors (Lipinski definition) is 5. The van der Waals surface area contributed by atoms with Gasteiger partial charge in [-0.2, -0.15) is 0 Å². The van der Waals surface area contributed by atoms with E-state index < -0.39 is 0 Å². The summed E-state index contributed by atoms with van der Waals surface area (Å²) in [6, 6.07) is 3.44. The minimum Gasteiger partial charge on any atom is -0.496 e. The van der Waals surface area contributed by atoms with Crippen LogP contribution in [0.4, 0.5) is 0 Å². The van der Waals surface area contributed by atoms with Crippen molar-refractivity contribution in [2.24, 2.45) is 0 Å². The molecule has 0 spiro atoms. The second-order valence-electron chi connectivity index (χ2n) is 4.57. The van der Waals surface area contributed by atoms with E-state index in [0.717, 1.165) is 19.5 Å². The normalized spacial score (nSPS) is 17.6. The highest BCUT2D eigenvalue weighted by Gasteiger charge is 2.22. The van der Waals surface area contributed by atoms with Crippen molar-refractivity contribution in [2.75, 3.05) is 34.4 Å². The Balaban J connectivity index is 2.26. The second-order valence-corrected chi connectivity index (χ2v) is 4.57. The number of ether oxygens (including phenoxy) is 3. The predicted molar refractivity (Wildman–Crippen MR) is 74.8 cm³/mol. The largest absolute Gasteiger partial charge is 0.496 e. The molecule has 1 heterocycles. The molecule has 20 heavy (non-hydrogen) atoms. The van der Waals surface area contributed by atoms with Gasteiger partial charge in [0.15, 0.2) is 11.5 Å². The fourth-order valence-electron chi connectivity index (χ4n) is 2.25. The Hall–Kier alpha value is -1.95. The number of amides is 1. The van der Waals surface area contributed by atoms with Gasteiger partial charge < -0.3 is 24.8 Å². The van der Waals surface area contributed by atoms with Crippen molar-refractivity contribution >= 4 is 5.91 Å². The molecular formula is C14H20N2O4. The Morgan fingerprint density at radius 2 is 1.80 bits per heavy atom. The Kier molecular flexibility index (Phi) is 4.68. The highest BCUT2D eigenvalue weighted by atomic mass is 16.5. The zero-order chi connectivity index (χ0) is 14.5. The third-order valence-electron chi connectivity index (χ3n) is 3.35. The van der Waals surface area contributed by atoms with Crippen LogP contribution in [-0.2, 0) is 0 Å². The molecule has 1 aliphatic rings. The van der Waals surface area contributed by atoms with Crippen molar-refractivity contribution in [2.45, 2.75) is 12.5 Å². The van der Waals surface area contributed by atoms with Crippen molar-refractivity contribution < 1.29 is 19.0 Å². The number of carbonyl (C=O) groups is 1. The molecule has 0 aliphatic carbocycles. The van der Waals surface area contributed by atoms with Gasteiger partial charge in [-0.05, 0) is 13.0 Å². The van der Waals surface area contributed by atoms with Gasteiger partial charge in [0.05, 0.1) is 26.9 Å².